The summed E-state index contributed by atoms with van der Waals surface area (Å²) in [6, 6.07) is 23.6. The van der Waals surface area contributed by atoms with Crippen LogP contribution in [0.4, 0.5) is 0 Å². The van der Waals surface area contributed by atoms with E-state index >= 15 is 0 Å². The predicted molar refractivity (Wildman–Crippen MR) is 123 cm³/mol. The molecule has 0 aliphatic carbocycles. The van der Waals surface area contributed by atoms with E-state index in [0.717, 1.165) is 11.3 Å². The van der Waals surface area contributed by atoms with Crippen molar-refractivity contribution in [2.45, 2.75) is 24.3 Å². The van der Waals surface area contributed by atoms with Gasteiger partial charge in [-0.15, -0.1) is 0 Å². The summed E-state index contributed by atoms with van der Waals surface area (Å²) in [7, 11) is -9.82. The van der Waals surface area contributed by atoms with Crippen LogP contribution in [0, 0.1) is 0 Å². The van der Waals surface area contributed by atoms with Crippen LogP contribution >= 0.6 is 7.60 Å². The molecule has 1 atom stereocenters. The molecule has 3 aromatic rings. The predicted octanol–water partition coefficient (Wildman–Crippen LogP) is -3.66. The van der Waals surface area contributed by atoms with Gasteiger partial charge in [-0.2, -0.15) is 8.42 Å². The fraction of sp³-hybridized carbons (Fsp3) is 0.182. The van der Waals surface area contributed by atoms with Crippen LogP contribution in [0.5, 0.6) is 23.0 Å². The second-order valence-electron chi connectivity index (χ2n) is 7.09. The van der Waals surface area contributed by atoms with Crippen molar-refractivity contribution in [2.75, 3.05) is 0 Å². The Kier molecular flexibility index (Phi) is 19.0. The minimum Gasteiger partial charge on any atom is -1.00 e. The van der Waals surface area contributed by atoms with E-state index in [1.165, 1.54) is 0 Å². The zero-order chi connectivity index (χ0) is 23.2. The number of aryl methyl sites for hydroxylation is 1. The standard InChI is InChI=1S/C22H23O8PS.3K.3H/c23-31(24,25)22(32(26,27)28)11-5-7-17-6-4-10-21(16-17)30-20-14-12-19(13-15-20)29-18-8-2-1-3-9-18;;;;;;/h1-4,6,8-10,12-16,22H,5,7,11H2,(H2,23,24,25)(H,26,27,28);;;;;;/q;3*+1;3*-1. The Hall–Kier alpha value is 2.23. The topological polar surface area (TPSA) is 130 Å². The van der Waals surface area contributed by atoms with Gasteiger partial charge >= 0.3 is 162 Å². The zero-order valence-corrected chi connectivity index (χ0v) is 31.0. The van der Waals surface area contributed by atoms with E-state index in [0.29, 0.717) is 23.7 Å². The summed E-state index contributed by atoms with van der Waals surface area (Å²) in [6.07, 6.45) is 0.148. The maximum Gasteiger partial charge on any atom is 1.00 e. The molecule has 3 aromatic carbocycles. The smallest absolute Gasteiger partial charge is 1.00 e. The Morgan fingerprint density at radius 2 is 1.26 bits per heavy atom. The van der Waals surface area contributed by atoms with Crippen molar-refractivity contribution >= 4 is 17.7 Å². The molecule has 0 spiro atoms. The van der Waals surface area contributed by atoms with E-state index < -0.39 is 22.7 Å². The average molecular weight is 599 g/mol. The quantitative estimate of drug-likeness (QED) is 0.124. The van der Waals surface area contributed by atoms with Gasteiger partial charge in [0.15, 0.2) is 4.99 Å². The van der Waals surface area contributed by atoms with Gasteiger partial charge in [0.05, 0.1) is 0 Å². The maximum absolute atomic E-state index is 11.3. The molecular weight excluding hydrogens is 573 g/mol. The Bertz CT molecular complexity index is 1200. The van der Waals surface area contributed by atoms with Gasteiger partial charge < -0.3 is 23.5 Å². The molecule has 0 radical (unpaired) electrons. The monoisotopic (exact) mass is 598 g/mol. The number of hydrogen-bond acceptors (Lipinski definition) is 5. The van der Waals surface area contributed by atoms with Crippen molar-refractivity contribution in [3.63, 3.8) is 0 Å². The second kappa shape index (κ2) is 17.8. The van der Waals surface area contributed by atoms with Gasteiger partial charge in [-0.1, -0.05) is 30.3 Å². The maximum atomic E-state index is 11.3. The molecule has 35 heavy (non-hydrogen) atoms. The number of benzene rings is 3. The summed E-state index contributed by atoms with van der Waals surface area (Å²) in [6.45, 7) is 0. The average Bonchev–Trinajstić information content (AvgIpc) is 2.72. The fourth-order valence-corrected chi connectivity index (χ4v) is 5.44. The summed E-state index contributed by atoms with van der Waals surface area (Å²) in [5, 5.41) is 0. The Morgan fingerprint density at radius 3 is 1.77 bits per heavy atom. The minimum atomic E-state index is -4.97. The van der Waals surface area contributed by atoms with Crippen molar-refractivity contribution in [1.29, 1.82) is 0 Å². The van der Waals surface area contributed by atoms with E-state index in [4.69, 9.17) is 23.8 Å². The molecule has 0 aliphatic heterocycles. The molecule has 0 saturated carbocycles. The van der Waals surface area contributed by atoms with Crippen LogP contribution in [0.2, 0.25) is 0 Å². The van der Waals surface area contributed by atoms with Crippen molar-refractivity contribution < 1.29 is 195 Å². The molecule has 0 bridgehead atoms. The molecule has 0 saturated heterocycles. The van der Waals surface area contributed by atoms with Crippen LogP contribution in [-0.2, 0) is 21.1 Å². The number of rotatable bonds is 10. The molecule has 3 rings (SSSR count). The fourth-order valence-electron chi connectivity index (χ4n) is 3.07. The van der Waals surface area contributed by atoms with Gasteiger partial charge in [-0.3, -0.25) is 9.12 Å². The van der Waals surface area contributed by atoms with Crippen LogP contribution in [-0.4, -0.2) is 27.7 Å². The first kappa shape index (κ1) is 37.2. The molecule has 0 amide bonds. The van der Waals surface area contributed by atoms with E-state index in [9.17, 15) is 13.0 Å². The van der Waals surface area contributed by atoms with Crippen molar-refractivity contribution in [3.8, 4) is 23.0 Å². The first-order valence-corrected chi connectivity index (χ1v) is 12.9. The van der Waals surface area contributed by atoms with Crippen molar-refractivity contribution in [2.24, 2.45) is 0 Å². The van der Waals surface area contributed by atoms with E-state index in [1.807, 2.05) is 30.3 Å². The molecule has 0 fully saturated rings. The number of para-hydroxylation sites is 1. The van der Waals surface area contributed by atoms with Crippen molar-refractivity contribution in [3.05, 3.63) is 84.4 Å². The summed E-state index contributed by atoms with van der Waals surface area (Å²) in [5.74, 6) is 2.54. The molecule has 0 heterocycles. The van der Waals surface area contributed by atoms with E-state index in [2.05, 4.69) is 0 Å². The normalized spacial score (nSPS) is 11.7. The third-order valence-corrected chi connectivity index (χ3v) is 8.13. The van der Waals surface area contributed by atoms with Crippen molar-refractivity contribution in [1.82, 2.24) is 0 Å². The van der Waals surface area contributed by atoms with Gasteiger partial charge in [-0.25, -0.2) is 0 Å². The third kappa shape index (κ3) is 13.4. The summed E-state index contributed by atoms with van der Waals surface area (Å²) < 4.78 is 54.5. The van der Waals surface area contributed by atoms with Crippen LogP contribution in [0.25, 0.3) is 0 Å². The largest absolute Gasteiger partial charge is 1.00 e. The van der Waals surface area contributed by atoms with Crippen LogP contribution in [0.1, 0.15) is 22.7 Å². The first-order chi connectivity index (χ1) is 15.1. The molecule has 1 unspecified atom stereocenters. The number of ether oxygens (including phenoxy) is 2. The molecular formula is C22H26K3O8PS. The SMILES string of the molecule is O=P(O)(O)C(CCCc1cccc(Oc2ccc(Oc3ccccc3)cc2)c1)S(=O)(=O)O.[H-].[H-].[H-].[K+].[K+].[K+]. The van der Waals surface area contributed by atoms with Crippen LogP contribution in [0.3, 0.4) is 0 Å². The zero-order valence-electron chi connectivity index (χ0n) is 22.9. The van der Waals surface area contributed by atoms with Gasteiger partial charge in [0.25, 0.3) is 10.1 Å². The molecule has 0 aromatic heterocycles. The van der Waals surface area contributed by atoms with E-state index in [1.54, 1.807) is 48.5 Å². The van der Waals surface area contributed by atoms with E-state index in [-0.39, 0.29) is 171 Å². The van der Waals surface area contributed by atoms with Gasteiger partial charge in [0.1, 0.15) is 23.0 Å². The third-order valence-electron chi connectivity index (χ3n) is 4.57. The summed E-state index contributed by atoms with van der Waals surface area (Å²) in [4.78, 5) is 16.2. The number of hydrogen-bond donors (Lipinski definition) is 3. The van der Waals surface area contributed by atoms with Crippen LogP contribution in [0.15, 0.2) is 78.9 Å². The molecule has 3 N–H and O–H groups in total. The molecule has 13 heteroatoms. The van der Waals surface area contributed by atoms with Gasteiger partial charge in [-0.05, 0) is 73.4 Å². The van der Waals surface area contributed by atoms with Gasteiger partial charge in [0, 0.05) is 0 Å². The Labute approximate surface area is 337 Å². The molecule has 8 nitrogen and oxygen atoms in total. The summed E-state index contributed by atoms with van der Waals surface area (Å²) >= 11 is 0. The first-order valence-electron chi connectivity index (χ1n) is 9.72. The molecule has 176 valence electrons. The Morgan fingerprint density at radius 1 is 0.771 bits per heavy atom. The second-order valence-corrected chi connectivity index (χ2v) is 10.8. The van der Waals surface area contributed by atoms with Gasteiger partial charge in [0.2, 0.25) is 0 Å². The summed E-state index contributed by atoms with van der Waals surface area (Å²) in [5.41, 5.74) is 0.798. The Balaban J connectivity index is -0.000000963. The minimum absolute atomic E-state index is 0. The van der Waals surface area contributed by atoms with Crippen LogP contribution < -0.4 is 164 Å². The molecule has 0 aliphatic rings.